The normalized spacial score (nSPS) is 13.6. The predicted octanol–water partition coefficient (Wildman–Crippen LogP) is 3.59. The maximum Gasteiger partial charge on any atom is 0.178 e. The molecule has 17 heavy (non-hydrogen) atoms. The van der Waals surface area contributed by atoms with Gasteiger partial charge in [-0.3, -0.25) is 0 Å². The molecule has 1 unspecified atom stereocenters. The lowest BCUT2D eigenvalue weighted by Gasteiger charge is -2.09. The molecule has 2 nitrogen and oxygen atoms in total. The number of benzene rings is 1. The summed E-state index contributed by atoms with van der Waals surface area (Å²) in [5.74, 6) is 0.790. The van der Waals surface area contributed by atoms with Gasteiger partial charge in [0.25, 0.3) is 0 Å². The average molecular weight is 293 g/mol. The molecule has 0 saturated heterocycles. The van der Waals surface area contributed by atoms with Gasteiger partial charge in [0.15, 0.2) is 9.84 Å². The Balaban J connectivity index is 2.75. The van der Waals surface area contributed by atoms with Crippen LogP contribution in [0.15, 0.2) is 34.1 Å². The molecule has 0 aliphatic rings. The van der Waals surface area contributed by atoms with Crippen LogP contribution in [0, 0.1) is 0 Å². The molecule has 0 aromatic heterocycles. The Hall–Kier alpha value is -0.190. The Bertz CT molecular complexity index is 440. The number of halogens is 1. The third kappa shape index (κ3) is 4.53. The topological polar surface area (TPSA) is 34.1 Å². The van der Waals surface area contributed by atoms with Crippen LogP contribution in [0.25, 0.3) is 0 Å². The molecular formula is C12H17ClO2S2. The predicted molar refractivity (Wildman–Crippen MR) is 74.8 cm³/mol. The maximum absolute atomic E-state index is 11.6. The van der Waals surface area contributed by atoms with Crippen molar-refractivity contribution in [2.45, 2.75) is 35.3 Å². The van der Waals surface area contributed by atoms with E-state index in [1.165, 1.54) is 0 Å². The fraction of sp³-hybridized carbons (Fsp3) is 0.500. The van der Waals surface area contributed by atoms with Crippen molar-refractivity contribution in [1.29, 1.82) is 0 Å². The smallest absolute Gasteiger partial charge is 0.178 e. The minimum Gasteiger partial charge on any atom is -0.224 e. The van der Waals surface area contributed by atoms with Crippen molar-refractivity contribution in [1.82, 2.24) is 0 Å². The molecule has 0 aliphatic heterocycles. The van der Waals surface area contributed by atoms with E-state index in [0.29, 0.717) is 16.0 Å². The minimum atomic E-state index is -3.08. The minimum absolute atomic E-state index is 0.141. The zero-order valence-electron chi connectivity index (χ0n) is 10.0. The van der Waals surface area contributed by atoms with E-state index in [1.807, 2.05) is 12.1 Å². The number of alkyl halides is 1. The summed E-state index contributed by atoms with van der Waals surface area (Å²) in [5, 5.41) is 0.445. The zero-order valence-corrected chi connectivity index (χ0v) is 12.4. The second-order valence-corrected chi connectivity index (χ2v) is 7.95. The molecule has 1 atom stereocenters. The summed E-state index contributed by atoms with van der Waals surface area (Å²) < 4.78 is 23.2. The fourth-order valence-electron chi connectivity index (χ4n) is 1.34. The molecule has 96 valence electrons. The van der Waals surface area contributed by atoms with Crippen LogP contribution < -0.4 is 0 Å². The molecule has 0 aliphatic carbocycles. The van der Waals surface area contributed by atoms with Crippen LogP contribution in [0.3, 0.4) is 0 Å². The van der Waals surface area contributed by atoms with Gasteiger partial charge in [-0.2, -0.15) is 0 Å². The standard InChI is InChI=1S/C12H17ClO2S2/c1-3-17(14,15)12-6-4-11(5-7-12)16-10(2)8-9-13/h4-7,10H,3,8-9H2,1-2H3. The summed E-state index contributed by atoms with van der Waals surface area (Å²) in [4.78, 5) is 1.48. The quantitative estimate of drug-likeness (QED) is 0.593. The van der Waals surface area contributed by atoms with E-state index in [4.69, 9.17) is 11.6 Å². The van der Waals surface area contributed by atoms with Gasteiger partial charge in [-0.15, -0.1) is 23.4 Å². The van der Waals surface area contributed by atoms with E-state index in [2.05, 4.69) is 6.92 Å². The first-order valence-electron chi connectivity index (χ1n) is 5.55. The van der Waals surface area contributed by atoms with E-state index in [-0.39, 0.29) is 5.75 Å². The summed E-state index contributed by atoms with van der Waals surface area (Å²) in [6.45, 7) is 3.77. The van der Waals surface area contributed by atoms with Crippen molar-refractivity contribution in [3.8, 4) is 0 Å². The Kier molecular flexibility index (Phi) is 5.83. The van der Waals surface area contributed by atoms with E-state index in [1.54, 1.807) is 30.8 Å². The third-order valence-electron chi connectivity index (χ3n) is 2.42. The first kappa shape index (κ1) is 14.9. The van der Waals surface area contributed by atoms with Gasteiger partial charge in [-0.05, 0) is 30.7 Å². The highest BCUT2D eigenvalue weighted by Gasteiger charge is 2.11. The second kappa shape index (κ2) is 6.66. The van der Waals surface area contributed by atoms with Crippen molar-refractivity contribution >= 4 is 33.2 Å². The van der Waals surface area contributed by atoms with Gasteiger partial charge in [-0.1, -0.05) is 13.8 Å². The van der Waals surface area contributed by atoms with E-state index in [9.17, 15) is 8.42 Å². The van der Waals surface area contributed by atoms with Crippen molar-refractivity contribution in [3.63, 3.8) is 0 Å². The van der Waals surface area contributed by atoms with E-state index in [0.717, 1.165) is 11.3 Å². The molecule has 0 saturated carbocycles. The highest BCUT2D eigenvalue weighted by molar-refractivity contribution is 8.00. The fourth-order valence-corrected chi connectivity index (χ4v) is 3.67. The molecule has 0 N–H and O–H groups in total. The average Bonchev–Trinajstić information content (AvgIpc) is 2.30. The van der Waals surface area contributed by atoms with Gasteiger partial charge in [0, 0.05) is 16.0 Å². The Morgan fingerprint density at radius 3 is 2.35 bits per heavy atom. The largest absolute Gasteiger partial charge is 0.224 e. The van der Waals surface area contributed by atoms with Gasteiger partial charge < -0.3 is 0 Å². The highest BCUT2D eigenvalue weighted by Crippen LogP contribution is 2.26. The van der Waals surface area contributed by atoms with Crippen molar-refractivity contribution in [2.75, 3.05) is 11.6 Å². The molecule has 0 radical (unpaired) electrons. The Morgan fingerprint density at radius 2 is 1.88 bits per heavy atom. The summed E-state index contributed by atoms with van der Waals surface area (Å²) in [6, 6.07) is 7.07. The molecule has 0 bridgehead atoms. The van der Waals surface area contributed by atoms with Gasteiger partial charge >= 0.3 is 0 Å². The molecular weight excluding hydrogens is 276 g/mol. The summed E-state index contributed by atoms with van der Waals surface area (Å²) in [5.41, 5.74) is 0. The van der Waals surface area contributed by atoms with Crippen LogP contribution in [-0.2, 0) is 9.84 Å². The summed E-state index contributed by atoms with van der Waals surface area (Å²) in [7, 11) is -3.08. The molecule has 1 aromatic carbocycles. The molecule has 0 fully saturated rings. The van der Waals surface area contributed by atoms with Crippen LogP contribution in [-0.4, -0.2) is 25.3 Å². The first-order valence-corrected chi connectivity index (χ1v) is 8.61. The van der Waals surface area contributed by atoms with E-state index >= 15 is 0 Å². The van der Waals surface area contributed by atoms with Gasteiger partial charge in [0.2, 0.25) is 0 Å². The number of hydrogen-bond donors (Lipinski definition) is 0. The SMILES string of the molecule is CCS(=O)(=O)c1ccc(SC(C)CCCl)cc1. The monoisotopic (exact) mass is 292 g/mol. The first-order chi connectivity index (χ1) is 7.99. The van der Waals surface area contributed by atoms with Crippen LogP contribution in [0.1, 0.15) is 20.3 Å². The lowest BCUT2D eigenvalue weighted by molar-refractivity contribution is 0.597. The summed E-state index contributed by atoms with van der Waals surface area (Å²) in [6.07, 6.45) is 0.946. The van der Waals surface area contributed by atoms with Gasteiger partial charge in [0.1, 0.15) is 0 Å². The highest BCUT2D eigenvalue weighted by atomic mass is 35.5. The Morgan fingerprint density at radius 1 is 1.29 bits per heavy atom. The number of rotatable bonds is 6. The second-order valence-electron chi connectivity index (χ2n) is 3.78. The lowest BCUT2D eigenvalue weighted by atomic mass is 10.4. The van der Waals surface area contributed by atoms with Gasteiger partial charge in [0.05, 0.1) is 10.6 Å². The molecule has 0 heterocycles. The van der Waals surface area contributed by atoms with Crippen LogP contribution in [0.2, 0.25) is 0 Å². The van der Waals surface area contributed by atoms with Crippen LogP contribution >= 0.6 is 23.4 Å². The van der Waals surface area contributed by atoms with Crippen LogP contribution in [0.5, 0.6) is 0 Å². The van der Waals surface area contributed by atoms with Gasteiger partial charge in [-0.25, -0.2) is 8.42 Å². The van der Waals surface area contributed by atoms with Crippen molar-refractivity contribution < 1.29 is 8.42 Å². The molecule has 0 amide bonds. The summed E-state index contributed by atoms with van der Waals surface area (Å²) >= 11 is 7.39. The number of sulfone groups is 1. The number of hydrogen-bond acceptors (Lipinski definition) is 3. The zero-order chi connectivity index (χ0) is 12.9. The third-order valence-corrected chi connectivity index (χ3v) is 5.57. The van der Waals surface area contributed by atoms with E-state index < -0.39 is 9.84 Å². The molecule has 1 aromatic rings. The molecule has 0 spiro atoms. The number of thioether (sulfide) groups is 1. The van der Waals surface area contributed by atoms with Crippen molar-refractivity contribution in [2.24, 2.45) is 0 Å². The molecule has 1 rings (SSSR count). The van der Waals surface area contributed by atoms with Crippen LogP contribution in [0.4, 0.5) is 0 Å². The lowest BCUT2D eigenvalue weighted by Crippen LogP contribution is -2.03. The Labute approximate surface area is 113 Å². The van der Waals surface area contributed by atoms with Crippen molar-refractivity contribution in [3.05, 3.63) is 24.3 Å². The maximum atomic E-state index is 11.6. The molecule has 5 heteroatoms.